The number of aryl methyl sites for hydroxylation is 1. The molecule has 23 heavy (non-hydrogen) atoms. The predicted molar refractivity (Wildman–Crippen MR) is 92.1 cm³/mol. The maximum atomic E-state index is 12.2. The Morgan fingerprint density at radius 2 is 2.04 bits per heavy atom. The van der Waals surface area contributed by atoms with Crippen LogP contribution in [0.4, 0.5) is 0 Å². The van der Waals surface area contributed by atoms with Crippen LogP contribution in [0.3, 0.4) is 0 Å². The lowest BCUT2D eigenvalue weighted by atomic mass is 10.1. The first-order chi connectivity index (χ1) is 11.0. The Kier molecular flexibility index (Phi) is 6.59. The highest BCUT2D eigenvalue weighted by Gasteiger charge is 2.26. The molecule has 2 rings (SSSR count). The molecule has 1 N–H and O–H groups in total. The predicted octanol–water partition coefficient (Wildman–Crippen LogP) is 1.24. The van der Waals surface area contributed by atoms with Gasteiger partial charge in [0.05, 0.1) is 5.75 Å². The van der Waals surface area contributed by atoms with Crippen LogP contribution in [0.5, 0.6) is 0 Å². The zero-order valence-corrected chi connectivity index (χ0v) is 14.5. The summed E-state index contributed by atoms with van der Waals surface area (Å²) >= 11 is 0. The summed E-state index contributed by atoms with van der Waals surface area (Å²) in [6, 6.07) is 10.1. The van der Waals surface area contributed by atoms with Crippen LogP contribution in [0.25, 0.3) is 0 Å². The van der Waals surface area contributed by atoms with E-state index in [1.54, 1.807) is 4.90 Å². The molecule has 5 nitrogen and oxygen atoms in total. The maximum absolute atomic E-state index is 12.2. The fraction of sp³-hybridized carbons (Fsp3) is 0.588. The van der Waals surface area contributed by atoms with Crippen LogP contribution < -0.4 is 5.32 Å². The van der Waals surface area contributed by atoms with Gasteiger partial charge < -0.3 is 10.2 Å². The smallest absolute Gasteiger partial charge is 0.237 e. The van der Waals surface area contributed by atoms with Gasteiger partial charge in [0.25, 0.3) is 0 Å². The lowest BCUT2D eigenvalue weighted by Crippen LogP contribution is -2.48. The third-order valence-electron chi connectivity index (χ3n) is 4.29. The van der Waals surface area contributed by atoms with Gasteiger partial charge in [-0.2, -0.15) is 0 Å². The number of nitrogens with one attached hydrogen (secondary N) is 1. The van der Waals surface area contributed by atoms with Gasteiger partial charge in [-0.25, -0.2) is 8.42 Å². The Bertz CT molecular complexity index is 602. The molecule has 1 saturated heterocycles. The number of nitrogens with zero attached hydrogens (tertiary/aromatic N) is 1. The number of sulfone groups is 1. The monoisotopic (exact) mass is 338 g/mol. The quantitative estimate of drug-likeness (QED) is 0.812. The molecular weight excluding hydrogens is 312 g/mol. The van der Waals surface area contributed by atoms with Crippen molar-refractivity contribution < 1.29 is 13.2 Å². The normalized spacial score (nSPS) is 18.8. The molecule has 0 saturated carbocycles. The van der Waals surface area contributed by atoms with E-state index in [1.165, 1.54) is 0 Å². The van der Waals surface area contributed by atoms with Crippen molar-refractivity contribution >= 4 is 15.7 Å². The van der Waals surface area contributed by atoms with E-state index in [2.05, 4.69) is 5.32 Å². The van der Waals surface area contributed by atoms with Crippen LogP contribution in [-0.4, -0.2) is 56.9 Å². The third kappa shape index (κ3) is 5.95. The van der Waals surface area contributed by atoms with Gasteiger partial charge in [-0.3, -0.25) is 4.79 Å². The second-order valence-corrected chi connectivity index (χ2v) is 8.33. The number of amides is 1. The zero-order valence-electron chi connectivity index (χ0n) is 13.7. The van der Waals surface area contributed by atoms with Crippen LogP contribution in [-0.2, 0) is 21.1 Å². The molecule has 1 amide bonds. The van der Waals surface area contributed by atoms with E-state index < -0.39 is 9.84 Å². The van der Waals surface area contributed by atoms with Crippen LogP contribution >= 0.6 is 0 Å². The number of benzene rings is 1. The molecule has 0 bridgehead atoms. The molecule has 0 spiro atoms. The van der Waals surface area contributed by atoms with Crippen LogP contribution in [0.15, 0.2) is 30.3 Å². The first-order valence-corrected chi connectivity index (χ1v) is 10.0. The molecule has 1 atom stereocenters. The lowest BCUT2D eigenvalue weighted by molar-refractivity contribution is -0.129. The second-order valence-electron chi connectivity index (χ2n) is 6.15. The van der Waals surface area contributed by atoms with Crippen LogP contribution in [0.2, 0.25) is 0 Å². The molecule has 1 aliphatic heterocycles. The van der Waals surface area contributed by atoms with E-state index in [0.29, 0.717) is 19.5 Å². The minimum Gasteiger partial charge on any atom is -0.340 e. The van der Waals surface area contributed by atoms with Gasteiger partial charge >= 0.3 is 0 Å². The average Bonchev–Trinajstić information content (AvgIpc) is 2.55. The minimum atomic E-state index is -3.34. The summed E-state index contributed by atoms with van der Waals surface area (Å²) < 4.78 is 24.3. The van der Waals surface area contributed by atoms with Crippen molar-refractivity contribution in [2.75, 3.05) is 31.6 Å². The Morgan fingerprint density at radius 1 is 1.30 bits per heavy atom. The van der Waals surface area contributed by atoms with Crippen LogP contribution in [0, 0.1) is 0 Å². The van der Waals surface area contributed by atoms with Crippen molar-refractivity contribution in [2.24, 2.45) is 0 Å². The number of hydrogen-bond acceptors (Lipinski definition) is 4. The van der Waals surface area contributed by atoms with Gasteiger partial charge in [-0.1, -0.05) is 30.3 Å². The molecule has 0 aliphatic carbocycles. The SMILES string of the molecule is CNC1CCCN(C(=O)CS(=O)(=O)CCCc2ccccc2)C1. The highest BCUT2D eigenvalue weighted by atomic mass is 32.2. The Balaban J connectivity index is 1.79. The van der Waals surface area contributed by atoms with Gasteiger partial charge in [0.1, 0.15) is 5.75 Å². The summed E-state index contributed by atoms with van der Waals surface area (Å²) in [5.41, 5.74) is 1.13. The third-order valence-corrected chi connectivity index (χ3v) is 5.89. The molecule has 1 aromatic carbocycles. The molecule has 1 fully saturated rings. The van der Waals surface area contributed by atoms with Crippen molar-refractivity contribution in [3.8, 4) is 0 Å². The van der Waals surface area contributed by atoms with Crippen molar-refractivity contribution in [3.05, 3.63) is 35.9 Å². The van der Waals surface area contributed by atoms with Crippen molar-refractivity contribution in [3.63, 3.8) is 0 Å². The van der Waals surface area contributed by atoms with E-state index in [1.807, 2.05) is 37.4 Å². The Hall–Kier alpha value is -1.40. The number of carbonyl (C=O) groups excluding carboxylic acids is 1. The summed E-state index contributed by atoms with van der Waals surface area (Å²) in [4.78, 5) is 13.9. The molecule has 1 aromatic rings. The largest absolute Gasteiger partial charge is 0.340 e. The molecule has 1 aliphatic rings. The maximum Gasteiger partial charge on any atom is 0.237 e. The average molecular weight is 338 g/mol. The lowest BCUT2D eigenvalue weighted by Gasteiger charge is -2.32. The van der Waals surface area contributed by atoms with Crippen molar-refractivity contribution in [2.45, 2.75) is 31.7 Å². The molecular formula is C17H26N2O3S. The number of rotatable bonds is 7. The van der Waals surface area contributed by atoms with Gasteiger partial charge in [-0.05, 0) is 38.3 Å². The Morgan fingerprint density at radius 3 is 2.74 bits per heavy atom. The molecule has 128 valence electrons. The first kappa shape index (κ1) is 17.9. The number of likely N-dealkylation sites (N-methyl/N-ethyl adjacent to an activating group) is 1. The van der Waals surface area contributed by atoms with Crippen molar-refractivity contribution in [1.82, 2.24) is 10.2 Å². The number of piperidine rings is 1. The van der Waals surface area contributed by atoms with Gasteiger partial charge in [0, 0.05) is 19.1 Å². The molecule has 0 aromatic heterocycles. The number of carbonyl (C=O) groups is 1. The number of hydrogen-bond donors (Lipinski definition) is 1. The summed E-state index contributed by atoms with van der Waals surface area (Å²) in [5, 5.41) is 3.16. The topological polar surface area (TPSA) is 66.5 Å². The highest BCUT2D eigenvalue weighted by molar-refractivity contribution is 7.92. The number of likely N-dealkylation sites (tertiary alicyclic amines) is 1. The van der Waals surface area contributed by atoms with Crippen LogP contribution in [0.1, 0.15) is 24.8 Å². The van der Waals surface area contributed by atoms with Crippen molar-refractivity contribution in [1.29, 1.82) is 0 Å². The second kappa shape index (κ2) is 8.45. The summed E-state index contributed by atoms with van der Waals surface area (Å²) in [5.74, 6) is -0.556. The minimum absolute atomic E-state index is 0.0664. The zero-order chi connectivity index (χ0) is 16.7. The van der Waals surface area contributed by atoms with E-state index in [0.717, 1.165) is 24.8 Å². The Labute approximate surface area is 139 Å². The van der Waals surface area contributed by atoms with E-state index >= 15 is 0 Å². The van der Waals surface area contributed by atoms with Gasteiger partial charge in [0.2, 0.25) is 5.91 Å². The first-order valence-electron chi connectivity index (χ1n) is 8.19. The standard InChI is InChI=1S/C17H26N2O3S/c1-18-16-10-5-11-19(13-16)17(20)14-23(21,22)12-6-9-15-7-3-2-4-8-15/h2-4,7-8,16,18H,5-6,9-14H2,1H3. The molecule has 1 heterocycles. The molecule has 0 radical (unpaired) electrons. The fourth-order valence-electron chi connectivity index (χ4n) is 2.93. The van der Waals surface area contributed by atoms with E-state index in [-0.39, 0.29) is 23.5 Å². The van der Waals surface area contributed by atoms with E-state index in [9.17, 15) is 13.2 Å². The molecule has 6 heteroatoms. The summed E-state index contributed by atoms with van der Waals surface area (Å²) in [7, 11) is -1.46. The fourth-order valence-corrected chi connectivity index (χ4v) is 4.22. The van der Waals surface area contributed by atoms with E-state index in [4.69, 9.17) is 0 Å². The van der Waals surface area contributed by atoms with Gasteiger partial charge in [-0.15, -0.1) is 0 Å². The summed E-state index contributed by atoms with van der Waals surface area (Å²) in [6.45, 7) is 1.27. The molecule has 1 unspecified atom stereocenters. The summed E-state index contributed by atoms with van der Waals surface area (Å²) in [6.07, 6.45) is 3.23. The van der Waals surface area contributed by atoms with Gasteiger partial charge in [0.15, 0.2) is 9.84 Å². The highest BCUT2D eigenvalue weighted by Crippen LogP contribution is 2.11.